The number of ether oxygens (including phenoxy) is 1. The van der Waals surface area contributed by atoms with E-state index in [0.29, 0.717) is 28.8 Å². The third kappa shape index (κ3) is 3.74. The van der Waals surface area contributed by atoms with Gasteiger partial charge in [-0.05, 0) is 50.1 Å². The van der Waals surface area contributed by atoms with E-state index in [1.165, 1.54) is 6.39 Å². The number of benzene rings is 2. The van der Waals surface area contributed by atoms with Crippen LogP contribution in [0.2, 0.25) is 0 Å². The smallest absolute Gasteiger partial charge is 0.338 e. The molecule has 1 aromatic heterocycles. The summed E-state index contributed by atoms with van der Waals surface area (Å²) in [5, 5.41) is 2.83. The standard InChI is InChI=1S/C20H20N2O4/c1-4-17(19(23)22-15-7-5-12(2)9-13(15)3)26-20(24)14-6-8-18-16(10-14)21-11-25-18/h5-11,17H,4H2,1-3H3,(H,22,23). The Kier molecular flexibility index (Phi) is 5.02. The summed E-state index contributed by atoms with van der Waals surface area (Å²) in [6.07, 6.45) is 0.803. The second kappa shape index (κ2) is 7.39. The Morgan fingerprint density at radius 3 is 2.73 bits per heavy atom. The van der Waals surface area contributed by atoms with Crippen molar-refractivity contribution in [3.8, 4) is 0 Å². The van der Waals surface area contributed by atoms with Gasteiger partial charge in [0.15, 0.2) is 18.1 Å². The molecule has 0 bridgehead atoms. The molecule has 0 aliphatic heterocycles. The third-order valence-corrected chi connectivity index (χ3v) is 4.12. The van der Waals surface area contributed by atoms with Crippen LogP contribution in [0.25, 0.3) is 11.1 Å². The van der Waals surface area contributed by atoms with E-state index in [0.717, 1.165) is 11.1 Å². The fourth-order valence-electron chi connectivity index (χ4n) is 2.67. The second-order valence-electron chi connectivity index (χ2n) is 6.14. The lowest BCUT2D eigenvalue weighted by atomic mass is 10.1. The van der Waals surface area contributed by atoms with Crippen molar-refractivity contribution < 1.29 is 18.7 Å². The Labute approximate surface area is 151 Å². The number of aromatic nitrogens is 1. The van der Waals surface area contributed by atoms with Crippen molar-refractivity contribution in [2.24, 2.45) is 0 Å². The molecule has 0 aliphatic carbocycles. The molecule has 1 atom stereocenters. The number of fused-ring (bicyclic) bond motifs is 1. The third-order valence-electron chi connectivity index (χ3n) is 4.12. The highest BCUT2D eigenvalue weighted by atomic mass is 16.5. The van der Waals surface area contributed by atoms with Gasteiger partial charge in [0.05, 0.1) is 5.56 Å². The zero-order valence-corrected chi connectivity index (χ0v) is 14.9. The highest BCUT2D eigenvalue weighted by Gasteiger charge is 2.23. The molecule has 3 rings (SSSR count). The molecule has 6 nitrogen and oxygen atoms in total. The molecule has 1 heterocycles. The van der Waals surface area contributed by atoms with Gasteiger partial charge in [0.1, 0.15) is 5.52 Å². The number of esters is 1. The first-order valence-corrected chi connectivity index (χ1v) is 8.40. The summed E-state index contributed by atoms with van der Waals surface area (Å²) < 4.78 is 10.6. The molecular weight excluding hydrogens is 332 g/mol. The highest BCUT2D eigenvalue weighted by molar-refractivity contribution is 5.98. The van der Waals surface area contributed by atoms with Gasteiger partial charge in [-0.2, -0.15) is 0 Å². The monoisotopic (exact) mass is 352 g/mol. The summed E-state index contributed by atoms with van der Waals surface area (Å²) in [7, 11) is 0. The van der Waals surface area contributed by atoms with Crippen LogP contribution in [0.5, 0.6) is 0 Å². The van der Waals surface area contributed by atoms with Crippen molar-refractivity contribution >= 4 is 28.7 Å². The van der Waals surface area contributed by atoms with E-state index in [2.05, 4.69) is 10.3 Å². The number of aryl methyl sites for hydroxylation is 2. The van der Waals surface area contributed by atoms with Crippen LogP contribution in [0.1, 0.15) is 34.8 Å². The minimum Gasteiger partial charge on any atom is -0.449 e. The normalized spacial score (nSPS) is 12.0. The van der Waals surface area contributed by atoms with Gasteiger partial charge in [-0.15, -0.1) is 0 Å². The summed E-state index contributed by atoms with van der Waals surface area (Å²) in [5.41, 5.74) is 4.25. The van der Waals surface area contributed by atoms with E-state index in [4.69, 9.17) is 9.15 Å². The maximum Gasteiger partial charge on any atom is 0.338 e. The van der Waals surface area contributed by atoms with Crippen molar-refractivity contribution in [1.29, 1.82) is 0 Å². The van der Waals surface area contributed by atoms with Crippen LogP contribution >= 0.6 is 0 Å². The zero-order valence-electron chi connectivity index (χ0n) is 14.9. The average molecular weight is 352 g/mol. The van der Waals surface area contributed by atoms with Crippen molar-refractivity contribution in [1.82, 2.24) is 4.98 Å². The van der Waals surface area contributed by atoms with Gasteiger partial charge in [0.25, 0.3) is 5.91 Å². The summed E-state index contributed by atoms with van der Waals surface area (Å²) >= 11 is 0. The number of carbonyl (C=O) groups is 2. The largest absolute Gasteiger partial charge is 0.449 e. The number of rotatable bonds is 5. The molecule has 6 heteroatoms. The van der Waals surface area contributed by atoms with Gasteiger partial charge in [-0.1, -0.05) is 24.6 Å². The predicted octanol–water partition coefficient (Wildman–Crippen LogP) is 4.02. The van der Waals surface area contributed by atoms with E-state index in [1.807, 2.05) is 32.0 Å². The Hall–Kier alpha value is -3.15. The highest BCUT2D eigenvalue weighted by Crippen LogP contribution is 2.18. The minimum absolute atomic E-state index is 0.323. The first-order chi connectivity index (χ1) is 12.5. The summed E-state index contributed by atoms with van der Waals surface area (Å²) in [5.74, 6) is -0.923. The van der Waals surface area contributed by atoms with Crippen LogP contribution in [0.4, 0.5) is 5.69 Å². The van der Waals surface area contributed by atoms with Gasteiger partial charge in [-0.25, -0.2) is 9.78 Å². The van der Waals surface area contributed by atoms with E-state index >= 15 is 0 Å². The van der Waals surface area contributed by atoms with Gasteiger partial charge in [0.2, 0.25) is 0 Å². The number of anilines is 1. The second-order valence-corrected chi connectivity index (χ2v) is 6.14. The average Bonchev–Trinajstić information content (AvgIpc) is 3.09. The van der Waals surface area contributed by atoms with E-state index < -0.39 is 12.1 Å². The molecule has 1 N–H and O–H groups in total. The van der Waals surface area contributed by atoms with Crippen molar-refractivity contribution in [3.05, 3.63) is 59.5 Å². The molecule has 134 valence electrons. The number of hydrogen-bond acceptors (Lipinski definition) is 5. The van der Waals surface area contributed by atoms with E-state index in [-0.39, 0.29) is 5.91 Å². The number of amides is 1. The quantitative estimate of drug-likeness (QED) is 0.702. The fourth-order valence-corrected chi connectivity index (χ4v) is 2.67. The summed E-state index contributed by atoms with van der Waals surface area (Å²) in [4.78, 5) is 28.9. The number of hydrogen-bond donors (Lipinski definition) is 1. The summed E-state index contributed by atoms with van der Waals surface area (Å²) in [6.45, 7) is 5.70. The van der Waals surface area contributed by atoms with Crippen molar-refractivity contribution in [2.45, 2.75) is 33.3 Å². The van der Waals surface area contributed by atoms with Crippen LogP contribution < -0.4 is 5.32 Å². The number of carbonyl (C=O) groups excluding carboxylic acids is 2. The zero-order chi connectivity index (χ0) is 18.7. The molecule has 1 unspecified atom stereocenters. The molecule has 0 saturated heterocycles. The van der Waals surface area contributed by atoms with Gasteiger partial charge >= 0.3 is 5.97 Å². The van der Waals surface area contributed by atoms with Crippen LogP contribution in [0.15, 0.2) is 47.2 Å². The van der Waals surface area contributed by atoms with Crippen LogP contribution in [0.3, 0.4) is 0 Å². The molecule has 2 aromatic carbocycles. The molecule has 0 spiro atoms. The molecule has 0 saturated carbocycles. The van der Waals surface area contributed by atoms with Gasteiger partial charge in [-0.3, -0.25) is 4.79 Å². The van der Waals surface area contributed by atoms with E-state index in [1.54, 1.807) is 25.1 Å². The van der Waals surface area contributed by atoms with Crippen LogP contribution in [-0.4, -0.2) is 23.0 Å². The lowest BCUT2D eigenvalue weighted by Gasteiger charge is -2.17. The predicted molar refractivity (Wildman–Crippen MR) is 98.0 cm³/mol. The lowest BCUT2D eigenvalue weighted by Crippen LogP contribution is -2.32. The number of nitrogens with zero attached hydrogens (tertiary/aromatic N) is 1. The van der Waals surface area contributed by atoms with Crippen LogP contribution in [-0.2, 0) is 9.53 Å². The molecule has 0 aliphatic rings. The van der Waals surface area contributed by atoms with Crippen molar-refractivity contribution in [2.75, 3.05) is 5.32 Å². The Morgan fingerprint density at radius 2 is 2.00 bits per heavy atom. The minimum atomic E-state index is -0.879. The van der Waals surface area contributed by atoms with Crippen molar-refractivity contribution in [3.63, 3.8) is 0 Å². The Bertz CT molecular complexity index is 961. The van der Waals surface area contributed by atoms with E-state index in [9.17, 15) is 9.59 Å². The van der Waals surface area contributed by atoms with Gasteiger partial charge < -0.3 is 14.5 Å². The molecule has 3 aromatic rings. The Morgan fingerprint density at radius 1 is 1.19 bits per heavy atom. The topological polar surface area (TPSA) is 81.4 Å². The maximum atomic E-state index is 12.5. The lowest BCUT2D eigenvalue weighted by molar-refractivity contribution is -0.124. The molecular formula is C20H20N2O4. The fraction of sp³-hybridized carbons (Fsp3) is 0.250. The molecule has 0 radical (unpaired) electrons. The van der Waals surface area contributed by atoms with Gasteiger partial charge in [0, 0.05) is 5.69 Å². The first-order valence-electron chi connectivity index (χ1n) is 8.40. The SMILES string of the molecule is CCC(OC(=O)c1ccc2ocnc2c1)C(=O)Nc1ccc(C)cc1C. The molecule has 1 amide bonds. The Balaban J connectivity index is 1.71. The summed E-state index contributed by atoms with van der Waals surface area (Å²) in [6, 6.07) is 10.6. The molecule has 0 fully saturated rings. The number of oxazole rings is 1. The first kappa shape index (κ1) is 17.7. The van der Waals surface area contributed by atoms with Crippen LogP contribution in [0, 0.1) is 13.8 Å². The maximum absolute atomic E-state index is 12.5. The number of nitrogens with one attached hydrogen (secondary N) is 1. The molecule has 26 heavy (non-hydrogen) atoms.